The highest BCUT2D eigenvalue weighted by atomic mass is 16.5. The first kappa shape index (κ1) is 11.1. The number of rotatable bonds is 5. The molecule has 0 spiro atoms. The molecule has 0 heterocycles. The van der Waals surface area contributed by atoms with Gasteiger partial charge in [-0.15, -0.1) is 6.42 Å². The maximum atomic E-state index is 8.77. The first-order valence-electron chi connectivity index (χ1n) is 4.51. The molecule has 76 valence electrons. The average molecular weight is 201 g/mol. The zero-order valence-electron chi connectivity index (χ0n) is 8.27. The van der Waals surface area contributed by atoms with Gasteiger partial charge in [0, 0.05) is 0 Å². The van der Waals surface area contributed by atoms with Gasteiger partial charge >= 0.3 is 0 Å². The van der Waals surface area contributed by atoms with Gasteiger partial charge < -0.3 is 9.47 Å². The molecule has 3 heteroatoms. The Morgan fingerprint density at radius 2 is 2.07 bits per heavy atom. The second-order valence-corrected chi connectivity index (χ2v) is 2.71. The lowest BCUT2D eigenvalue weighted by Crippen LogP contribution is -2.07. The molecular weight excluding hydrogens is 190 g/mol. The van der Waals surface area contributed by atoms with Gasteiger partial charge in [0.25, 0.3) is 0 Å². The summed E-state index contributed by atoms with van der Waals surface area (Å²) in [5, 5.41) is 8.77. The lowest BCUT2D eigenvalue weighted by molar-refractivity contribution is 0.124. The Bertz CT molecular complexity index is 387. The van der Waals surface area contributed by atoms with E-state index in [4.69, 9.17) is 21.2 Å². The largest absolute Gasteiger partial charge is 0.490 e. The van der Waals surface area contributed by atoms with E-state index in [9.17, 15) is 0 Å². The quantitative estimate of drug-likeness (QED) is 0.536. The molecule has 0 aliphatic carbocycles. The topological polar surface area (TPSA) is 42.2 Å². The van der Waals surface area contributed by atoms with Crippen molar-refractivity contribution >= 4 is 0 Å². The Morgan fingerprint density at radius 3 is 2.80 bits per heavy atom. The molecule has 0 amide bonds. The fraction of sp³-hybridized carbons (Fsp3) is 0.250. The lowest BCUT2D eigenvalue weighted by atomic mass is 10.2. The van der Waals surface area contributed by atoms with Crippen molar-refractivity contribution in [3.8, 4) is 24.2 Å². The van der Waals surface area contributed by atoms with Gasteiger partial charge in [0.2, 0.25) is 0 Å². The van der Waals surface area contributed by atoms with Gasteiger partial charge in [-0.05, 0) is 12.1 Å². The van der Waals surface area contributed by atoms with Crippen molar-refractivity contribution in [1.29, 1.82) is 5.26 Å². The van der Waals surface area contributed by atoms with Crippen LogP contribution in [-0.4, -0.2) is 19.8 Å². The van der Waals surface area contributed by atoms with Gasteiger partial charge in [-0.3, -0.25) is 0 Å². The van der Waals surface area contributed by atoms with E-state index in [-0.39, 0.29) is 6.61 Å². The van der Waals surface area contributed by atoms with Crippen molar-refractivity contribution in [3.63, 3.8) is 0 Å². The number of hydrogen-bond donors (Lipinski definition) is 0. The first-order chi connectivity index (χ1) is 7.38. The van der Waals surface area contributed by atoms with Gasteiger partial charge in [-0.25, -0.2) is 0 Å². The first-order valence-corrected chi connectivity index (χ1v) is 4.51. The summed E-state index contributed by atoms with van der Waals surface area (Å²) in [6.07, 6.45) is 5.01. The molecule has 0 aromatic heterocycles. The molecule has 0 aliphatic rings. The lowest BCUT2D eigenvalue weighted by Gasteiger charge is -2.06. The van der Waals surface area contributed by atoms with Crippen molar-refractivity contribution < 1.29 is 9.47 Å². The molecule has 1 rings (SSSR count). The van der Waals surface area contributed by atoms with E-state index >= 15 is 0 Å². The molecule has 0 N–H and O–H groups in total. The fourth-order valence-electron chi connectivity index (χ4n) is 1.03. The molecule has 15 heavy (non-hydrogen) atoms. The van der Waals surface area contributed by atoms with Crippen molar-refractivity contribution in [1.82, 2.24) is 0 Å². The molecule has 0 fully saturated rings. The van der Waals surface area contributed by atoms with Crippen molar-refractivity contribution in [2.45, 2.75) is 0 Å². The van der Waals surface area contributed by atoms with Crippen molar-refractivity contribution in [2.24, 2.45) is 0 Å². The third kappa shape index (κ3) is 3.72. The van der Waals surface area contributed by atoms with Crippen LogP contribution >= 0.6 is 0 Å². The fourth-order valence-corrected chi connectivity index (χ4v) is 1.03. The normalized spacial score (nSPS) is 8.93. The molecule has 0 saturated heterocycles. The number of terminal acetylenes is 1. The standard InChI is InChI=1S/C12H11NO2/c1-2-7-14-8-9-15-12-6-4-3-5-11(12)10-13/h1,3-6H,7-9H2. The van der Waals surface area contributed by atoms with E-state index in [1.165, 1.54) is 0 Å². The summed E-state index contributed by atoms with van der Waals surface area (Å²) in [6.45, 7) is 1.09. The number of para-hydroxylation sites is 1. The summed E-state index contributed by atoms with van der Waals surface area (Å²) in [6, 6.07) is 9.12. The smallest absolute Gasteiger partial charge is 0.137 e. The second-order valence-electron chi connectivity index (χ2n) is 2.71. The molecule has 0 unspecified atom stereocenters. The van der Waals surface area contributed by atoms with Crippen LogP contribution in [0.25, 0.3) is 0 Å². The number of ether oxygens (including phenoxy) is 2. The predicted octanol–water partition coefficient (Wildman–Crippen LogP) is 1.59. The Balaban J connectivity index is 2.38. The van der Waals surface area contributed by atoms with Crippen LogP contribution in [0.3, 0.4) is 0 Å². The van der Waals surface area contributed by atoms with Crippen LogP contribution in [0.5, 0.6) is 5.75 Å². The summed E-state index contributed by atoms with van der Waals surface area (Å²) < 4.78 is 10.4. The molecule has 1 aromatic carbocycles. The maximum Gasteiger partial charge on any atom is 0.137 e. The van der Waals surface area contributed by atoms with Gasteiger partial charge in [-0.2, -0.15) is 5.26 Å². The van der Waals surface area contributed by atoms with Crippen LogP contribution in [0.1, 0.15) is 5.56 Å². The Kier molecular flexibility index (Phi) is 4.80. The Labute approximate surface area is 89.2 Å². The monoisotopic (exact) mass is 201 g/mol. The number of benzene rings is 1. The van der Waals surface area contributed by atoms with Crippen LogP contribution in [0.2, 0.25) is 0 Å². The van der Waals surface area contributed by atoms with E-state index in [1.54, 1.807) is 18.2 Å². The number of nitrogens with zero attached hydrogens (tertiary/aromatic N) is 1. The van der Waals surface area contributed by atoms with Gasteiger partial charge in [0.15, 0.2) is 0 Å². The van der Waals surface area contributed by atoms with E-state index < -0.39 is 0 Å². The molecule has 0 radical (unpaired) electrons. The molecule has 0 atom stereocenters. The molecular formula is C12H11NO2. The number of hydrogen-bond acceptors (Lipinski definition) is 3. The van der Waals surface area contributed by atoms with Crippen LogP contribution in [0.15, 0.2) is 24.3 Å². The number of nitriles is 1. The van der Waals surface area contributed by atoms with E-state index in [0.717, 1.165) is 0 Å². The van der Waals surface area contributed by atoms with E-state index in [0.29, 0.717) is 24.5 Å². The van der Waals surface area contributed by atoms with Gasteiger partial charge in [-0.1, -0.05) is 18.1 Å². The second kappa shape index (κ2) is 6.48. The van der Waals surface area contributed by atoms with Crippen molar-refractivity contribution in [3.05, 3.63) is 29.8 Å². The van der Waals surface area contributed by atoms with E-state index in [2.05, 4.69) is 5.92 Å². The van der Waals surface area contributed by atoms with Crippen LogP contribution in [-0.2, 0) is 4.74 Å². The van der Waals surface area contributed by atoms with Gasteiger partial charge in [0.1, 0.15) is 25.0 Å². The highest BCUT2D eigenvalue weighted by Gasteiger charge is 2.00. The minimum absolute atomic E-state index is 0.281. The third-order valence-corrected chi connectivity index (χ3v) is 1.68. The van der Waals surface area contributed by atoms with Crippen LogP contribution < -0.4 is 4.74 Å². The van der Waals surface area contributed by atoms with Gasteiger partial charge in [0.05, 0.1) is 12.2 Å². The Hall–Kier alpha value is -1.97. The average Bonchev–Trinajstić information content (AvgIpc) is 2.29. The minimum Gasteiger partial charge on any atom is -0.490 e. The van der Waals surface area contributed by atoms with Crippen LogP contribution in [0, 0.1) is 23.7 Å². The maximum absolute atomic E-state index is 8.77. The molecule has 0 bridgehead atoms. The zero-order valence-corrected chi connectivity index (χ0v) is 8.27. The highest BCUT2D eigenvalue weighted by molar-refractivity contribution is 5.42. The predicted molar refractivity (Wildman–Crippen MR) is 56.3 cm³/mol. The van der Waals surface area contributed by atoms with E-state index in [1.807, 2.05) is 12.1 Å². The minimum atomic E-state index is 0.281. The zero-order chi connectivity index (χ0) is 10.9. The van der Waals surface area contributed by atoms with Crippen LogP contribution in [0.4, 0.5) is 0 Å². The molecule has 3 nitrogen and oxygen atoms in total. The van der Waals surface area contributed by atoms with Crippen molar-refractivity contribution in [2.75, 3.05) is 19.8 Å². The summed E-state index contributed by atoms with van der Waals surface area (Å²) in [5.41, 5.74) is 0.523. The molecule has 0 saturated carbocycles. The summed E-state index contributed by atoms with van der Waals surface area (Å²) in [5.74, 6) is 2.93. The summed E-state index contributed by atoms with van der Waals surface area (Å²) in [4.78, 5) is 0. The molecule has 1 aromatic rings. The highest BCUT2D eigenvalue weighted by Crippen LogP contribution is 2.15. The summed E-state index contributed by atoms with van der Waals surface area (Å²) in [7, 11) is 0. The SMILES string of the molecule is C#CCOCCOc1ccccc1C#N. The summed E-state index contributed by atoms with van der Waals surface area (Å²) >= 11 is 0. The molecule has 0 aliphatic heterocycles. The third-order valence-electron chi connectivity index (χ3n) is 1.68. The Morgan fingerprint density at radius 1 is 1.27 bits per heavy atom.